The molecule has 0 unspecified atom stereocenters. The Morgan fingerprint density at radius 2 is 2.00 bits per heavy atom. The Bertz CT molecular complexity index is 706. The van der Waals surface area contributed by atoms with Crippen molar-refractivity contribution >= 4 is 27.4 Å². The lowest BCUT2D eigenvalue weighted by Crippen LogP contribution is -1.92. The number of hydrogen-bond donors (Lipinski definition) is 1. The van der Waals surface area contributed by atoms with Gasteiger partial charge in [0, 0.05) is 10.9 Å². The van der Waals surface area contributed by atoms with E-state index < -0.39 is 0 Å². The number of hydrogen-bond acceptors (Lipinski definition) is 5. The number of aromatic nitrogens is 2. The second-order valence-electron chi connectivity index (χ2n) is 4.05. The van der Waals surface area contributed by atoms with E-state index in [1.165, 1.54) is 6.33 Å². The molecule has 0 aliphatic carbocycles. The van der Waals surface area contributed by atoms with Crippen LogP contribution in [0.2, 0.25) is 0 Å². The molecule has 0 radical (unpaired) electrons. The molecule has 0 fully saturated rings. The van der Waals surface area contributed by atoms with Crippen molar-refractivity contribution in [1.82, 2.24) is 9.97 Å². The van der Waals surface area contributed by atoms with Crippen molar-refractivity contribution in [2.45, 2.75) is 6.92 Å². The second kappa shape index (κ2) is 4.85. The quantitative estimate of drug-likeness (QED) is 0.793. The van der Waals surface area contributed by atoms with E-state index in [1.807, 2.05) is 31.2 Å². The Labute approximate surface area is 114 Å². The second-order valence-corrected chi connectivity index (χ2v) is 4.90. The SMILES string of the molecule is CCOc1ccc(-c2csc3ncnc(N)c23)cc1. The topological polar surface area (TPSA) is 61.0 Å². The molecule has 3 rings (SSSR count). The van der Waals surface area contributed by atoms with Gasteiger partial charge in [-0.1, -0.05) is 12.1 Å². The van der Waals surface area contributed by atoms with Crippen LogP contribution in [0.4, 0.5) is 5.82 Å². The molecule has 96 valence electrons. The van der Waals surface area contributed by atoms with Crippen LogP contribution in [-0.2, 0) is 0 Å². The normalized spacial score (nSPS) is 10.8. The van der Waals surface area contributed by atoms with Crippen LogP contribution in [0, 0.1) is 0 Å². The fraction of sp³-hybridized carbons (Fsp3) is 0.143. The number of rotatable bonds is 3. The van der Waals surface area contributed by atoms with E-state index in [0.29, 0.717) is 12.4 Å². The molecule has 2 aromatic heterocycles. The van der Waals surface area contributed by atoms with Gasteiger partial charge in [0.2, 0.25) is 0 Å². The van der Waals surface area contributed by atoms with E-state index in [1.54, 1.807) is 11.3 Å². The average molecular weight is 271 g/mol. The molecule has 2 heterocycles. The van der Waals surface area contributed by atoms with E-state index in [-0.39, 0.29) is 0 Å². The predicted octanol–water partition coefficient (Wildman–Crippen LogP) is 3.34. The van der Waals surface area contributed by atoms with Gasteiger partial charge in [-0.15, -0.1) is 11.3 Å². The summed E-state index contributed by atoms with van der Waals surface area (Å²) in [5, 5.41) is 2.99. The monoisotopic (exact) mass is 271 g/mol. The summed E-state index contributed by atoms with van der Waals surface area (Å²) in [5.41, 5.74) is 8.11. The van der Waals surface area contributed by atoms with Crippen molar-refractivity contribution < 1.29 is 4.74 Å². The standard InChI is InChI=1S/C14H13N3OS/c1-2-18-10-5-3-9(4-6-10)11-7-19-14-12(11)13(15)16-8-17-14/h3-8H,2H2,1H3,(H2,15,16,17). The first kappa shape index (κ1) is 11.9. The molecule has 5 heteroatoms. The summed E-state index contributed by atoms with van der Waals surface area (Å²) >= 11 is 1.58. The number of fused-ring (bicyclic) bond motifs is 1. The third-order valence-corrected chi connectivity index (χ3v) is 3.76. The number of ether oxygens (including phenoxy) is 1. The van der Waals surface area contributed by atoms with E-state index in [9.17, 15) is 0 Å². The summed E-state index contributed by atoms with van der Waals surface area (Å²) in [7, 11) is 0. The van der Waals surface area contributed by atoms with E-state index >= 15 is 0 Å². The zero-order valence-corrected chi connectivity index (χ0v) is 11.3. The Morgan fingerprint density at radius 1 is 1.21 bits per heavy atom. The molecule has 0 saturated carbocycles. The van der Waals surface area contributed by atoms with Crippen LogP contribution in [0.15, 0.2) is 36.0 Å². The molecule has 4 nitrogen and oxygen atoms in total. The summed E-state index contributed by atoms with van der Waals surface area (Å²) in [4.78, 5) is 9.21. The van der Waals surface area contributed by atoms with Crippen molar-refractivity contribution in [2.75, 3.05) is 12.3 Å². The lowest BCUT2D eigenvalue weighted by atomic mass is 10.1. The number of thiophene rings is 1. The lowest BCUT2D eigenvalue weighted by Gasteiger charge is -2.05. The van der Waals surface area contributed by atoms with Gasteiger partial charge in [0.05, 0.1) is 12.0 Å². The van der Waals surface area contributed by atoms with Crippen LogP contribution >= 0.6 is 11.3 Å². The maximum Gasteiger partial charge on any atom is 0.136 e. The smallest absolute Gasteiger partial charge is 0.136 e. The highest BCUT2D eigenvalue weighted by atomic mass is 32.1. The van der Waals surface area contributed by atoms with Crippen molar-refractivity contribution in [3.8, 4) is 16.9 Å². The summed E-state index contributed by atoms with van der Waals surface area (Å²) in [6.07, 6.45) is 1.50. The molecule has 2 N–H and O–H groups in total. The summed E-state index contributed by atoms with van der Waals surface area (Å²) < 4.78 is 5.44. The Kier molecular flexibility index (Phi) is 3.05. The number of nitrogens with zero attached hydrogens (tertiary/aromatic N) is 2. The number of nitrogens with two attached hydrogens (primary N) is 1. The zero-order valence-electron chi connectivity index (χ0n) is 10.5. The molecule has 0 saturated heterocycles. The maximum absolute atomic E-state index is 5.95. The van der Waals surface area contributed by atoms with Gasteiger partial charge in [0.1, 0.15) is 22.7 Å². The van der Waals surface area contributed by atoms with Gasteiger partial charge < -0.3 is 10.5 Å². The lowest BCUT2D eigenvalue weighted by molar-refractivity contribution is 0.340. The van der Waals surface area contributed by atoms with Gasteiger partial charge in [-0.3, -0.25) is 0 Å². The van der Waals surface area contributed by atoms with Gasteiger partial charge in [-0.05, 0) is 24.6 Å². The summed E-state index contributed by atoms with van der Waals surface area (Å²) in [6, 6.07) is 7.97. The van der Waals surface area contributed by atoms with E-state index in [2.05, 4.69) is 15.3 Å². The predicted molar refractivity (Wildman–Crippen MR) is 78.4 cm³/mol. The van der Waals surface area contributed by atoms with Crippen molar-refractivity contribution in [1.29, 1.82) is 0 Å². The molecular weight excluding hydrogens is 258 g/mol. The minimum Gasteiger partial charge on any atom is -0.494 e. The molecule has 1 aromatic carbocycles. The Hall–Kier alpha value is -2.14. The van der Waals surface area contributed by atoms with Crippen molar-refractivity contribution in [3.63, 3.8) is 0 Å². The molecule has 0 spiro atoms. The first-order valence-corrected chi connectivity index (χ1v) is 6.88. The molecular formula is C14H13N3OS. The zero-order chi connectivity index (χ0) is 13.2. The highest BCUT2D eigenvalue weighted by Crippen LogP contribution is 2.35. The molecule has 19 heavy (non-hydrogen) atoms. The van der Waals surface area contributed by atoms with Crippen LogP contribution in [0.25, 0.3) is 21.3 Å². The van der Waals surface area contributed by atoms with Gasteiger partial charge in [0.15, 0.2) is 0 Å². The maximum atomic E-state index is 5.95. The van der Waals surface area contributed by atoms with Crippen molar-refractivity contribution in [2.24, 2.45) is 0 Å². The molecule has 0 aliphatic rings. The fourth-order valence-electron chi connectivity index (χ4n) is 2.01. The number of anilines is 1. The van der Waals surface area contributed by atoms with Crippen molar-refractivity contribution in [3.05, 3.63) is 36.0 Å². The number of benzene rings is 1. The van der Waals surface area contributed by atoms with Crippen LogP contribution in [0.1, 0.15) is 6.92 Å². The summed E-state index contributed by atoms with van der Waals surface area (Å²) in [6.45, 7) is 2.64. The van der Waals surface area contributed by atoms with Gasteiger partial charge in [0.25, 0.3) is 0 Å². The summed E-state index contributed by atoms with van der Waals surface area (Å²) in [5.74, 6) is 1.39. The minimum atomic E-state index is 0.523. The highest BCUT2D eigenvalue weighted by molar-refractivity contribution is 7.17. The van der Waals surface area contributed by atoms with Gasteiger partial charge in [-0.2, -0.15) is 0 Å². The Balaban J connectivity index is 2.09. The Morgan fingerprint density at radius 3 is 2.74 bits per heavy atom. The van der Waals surface area contributed by atoms with Crippen LogP contribution in [0.5, 0.6) is 5.75 Å². The third-order valence-electron chi connectivity index (χ3n) is 2.88. The average Bonchev–Trinajstić information content (AvgIpc) is 2.85. The fourth-order valence-corrected chi connectivity index (χ4v) is 2.93. The van der Waals surface area contributed by atoms with Crippen LogP contribution in [-0.4, -0.2) is 16.6 Å². The van der Waals surface area contributed by atoms with Crippen LogP contribution < -0.4 is 10.5 Å². The third kappa shape index (κ3) is 2.13. The first-order chi connectivity index (χ1) is 9.29. The minimum absolute atomic E-state index is 0.523. The molecule has 3 aromatic rings. The van der Waals surface area contributed by atoms with E-state index in [4.69, 9.17) is 10.5 Å². The molecule has 0 bridgehead atoms. The first-order valence-electron chi connectivity index (χ1n) is 6.00. The largest absolute Gasteiger partial charge is 0.494 e. The molecule has 0 amide bonds. The molecule has 0 atom stereocenters. The van der Waals surface area contributed by atoms with Gasteiger partial charge >= 0.3 is 0 Å². The van der Waals surface area contributed by atoms with Crippen LogP contribution in [0.3, 0.4) is 0 Å². The molecule has 0 aliphatic heterocycles. The number of nitrogen functional groups attached to an aromatic ring is 1. The highest BCUT2D eigenvalue weighted by Gasteiger charge is 2.11. The van der Waals surface area contributed by atoms with E-state index in [0.717, 1.165) is 27.1 Å². The van der Waals surface area contributed by atoms with Gasteiger partial charge in [-0.25, -0.2) is 9.97 Å².